The monoisotopic (exact) mass is 369 g/mol. The van der Waals surface area contributed by atoms with Gasteiger partial charge in [0.05, 0.1) is 16.1 Å². The fourth-order valence-corrected chi connectivity index (χ4v) is 3.01. The molecule has 0 saturated carbocycles. The molecule has 3 nitrogen and oxygen atoms in total. The van der Waals surface area contributed by atoms with Crippen LogP contribution in [0.25, 0.3) is 22.2 Å². The maximum Gasteiger partial charge on any atom is 0.124 e. The molecule has 0 aliphatic rings. The summed E-state index contributed by atoms with van der Waals surface area (Å²) in [5.74, 6) is 0. The predicted molar refractivity (Wildman–Crippen MR) is 94.2 cm³/mol. The van der Waals surface area contributed by atoms with Gasteiger partial charge in [-0.25, -0.2) is 4.39 Å². The lowest BCUT2D eigenvalue weighted by Gasteiger charge is -2.08. The van der Waals surface area contributed by atoms with Crippen LogP contribution < -0.4 is 10.9 Å². The van der Waals surface area contributed by atoms with Crippen molar-refractivity contribution in [2.24, 2.45) is 10.9 Å². The standard InChI is InChI=1S/C15H17BrFN3S/c1-3-8(2)9-4-10-11(14(18)13(6-17)21-19)7-20-15(10)12(16)5-9/h4-5,7,20H,2-3,6,18-19H2,1H3/b14-13-. The first-order valence-electron chi connectivity index (χ1n) is 6.43. The molecule has 2 rings (SSSR count). The van der Waals surface area contributed by atoms with E-state index in [9.17, 15) is 4.39 Å². The topological polar surface area (TPSA) is 67.8 Å². The molecule has 21 heavy (non-hydrogen) atoms. The molecule has 0 spiro atoms. The molecule has 0 saturated heterocycles. The van der Waals surface area contributed by atoms with E-state index < -0.39 is 6.67 Å². The Hall–Kier alpha value is -1.24. The maximum absolute atomic E-state index is 13.0. The van der Waals surface area contributed by atoms with E-state index in [4.69, 9.17) is 10.9 Å². The number of nitrogens with two attached hydrogens (primary N) is 2. The molecule has 1 heterocycles. The molecule has 0 fully saturated rings. The molecule has 6 heteroatoms. The van der Waals surface area contributed by atoms with Gasteiger partial charge in [-0.15, -0.1) is 0 Å². The Kier molecular flexibility index (Phi) is 5.13. The maximum atomic E-state index is 13.0. The lowest BCUT2D eigenvalue weighted by Crippen LogP contribution is -2.02. The summed E-state index contributed by atoms with van der Waals surface area (Å²) in [6.07, 6.45) is 2.63. The van der Waals surface area contributed by atoms with Crippen molar-refractivity contribution in [3.05, 3.63) is 45.4 Å². The third-order valence-electron chi connectivity index (χ3n) is 3.43. The number of hydrogen-bond acceptors (Lipinski definition) is 3. The lowest BCUT2D eigenvalue weighted by atomic mass is 10.0. The van der Waals surface area contributed by atoms with Crippen LogP contribution in [0.4, 0.5) is 4.39 Å². The molecular formula is C15H17BrFN3S. The highest BCUT2D eigenvalue weighted by molar-refractivity contribution is 9.10. The Bertz CT molecular complexity index is 715. The molecule has 0 atom stereocenters. The Morgan fingerprint density at radius 1 is 1.48 bits per heavy atom. The van der Waals surface area contributed by atoms with Gasteiger partial charge in [0.2, 0.25) is 0 Å². The number of allylic oxidation sites excluding steroid dienone is 2. The van der Waals surface area contributed by atoms with Crippen LogP contribution in [-0.4, -0.2) is 11.7 Å². The van der Waals surface area contributed by atoms with Crippen molar-refractivity contribution in [3.8, 4) is 0 Å². The molecule has 0 bridgehead atoms. The van der Waals surface area contributed by atoms with Gasteiger partial charge in [0, 0.05) is 21.6 Å². The van der Waals surface area contributed by atoms with Gasteiger partial charge in [-0.3, -0.25) is 5.14 Å². The molecule has 0 aliphatic carbocycles. The van der Waals surface area contributed by atoms with Crippen molar-refractivity contribution in [2.75, 3.05) is 6.67 Å². The lowest BCUT2D eigenvalue weighted by molar-refractivity contribution is 0.557. The van der Waals surface area contributed by atoms with Crippen LogP contribution in [0.2, 0.25) is 0 Å². The molecule has 0 amide bonds. The first-order chi connectivity index (χ1) is 10.0. The van der Waals surface area contributed by atoms with Crippen molar-refractivity contribution in [2.45, 2.75) is 13.3 Å². The van der Waals surface area contributed by atoms with Gasteiger partial charge in [-0.2, -0.15) is 0 Å². The van der Waals surface area contributed by atoms with Crippen LogP contribution in [0.3, 0.4) is 0 Å². The minimum absolute atomic E-state index is 0.326. The quantitative estimate of drug-likeness (QED) is 0.676. The van der Waals surface area contributed by atoms with Gasteiger partial charge in [0.25, 0.3) is 0 Å². The normalized spacial score (nSPS) is 12.6. The third-order valence-corrected chi connectivity index (χ3v) is 4.67. The fourth-order valence-electron chi connectivity index (χ4n) is 2.14. The van der Waals surface area contributed by atoms with Crippen LogP contribution in [0, 0.1) is 0 Å². The summed E-state index contributed by atoms with van der Waals surface area (Å²) >= 11 is 4.39. The summed E-state index contributed by atoms with van der Waals surface area (Å²) < 4.78 is 13.9. The van der Waals surface area contributed by atoms with E-state index in [-0.39, 0.29) is 0 Å². The number of aromatic nitrogens is 1. The average molecular weight is 370 g/mol. The highest BCUT2D eigenvalue weighted by Gasteiger charge is 2.14. The summed E-state index contributed by atoms with van der Waals surface area (Å²) in [4.78, 5) is 3.49. The zero-order valence-electron chi connectivity index (χ0n) is 11.7. The summed E-state index contributed by atoms with van der Waals surface area (Å²) in [6, 6.07) is 4.03. The van der Waals surface area contributed by atoms with Crippen LogP contribution >= 0.6 is 27.9 Å². The predicted octanol–water partition coefficient (Wildman–Crippen LogP) is 4.56. The summed E-state index contributed by atoms with van der Waals surface area (Å²) in [5.41, 5.74) is 10.2. The Balaban J connectivity index is 2.70. The highest BCUT2D eigenvalue weighted by Crippen LogP contribution is 2.34. The van der Waals surface area contributed by atoms with E-state index in [1.165, 1.54) is 0 Å². The zero-order valence-corrected chi connectivity index (χ0v) is 14.1. The van der Waals surface area contributed by atoms with Crippen LogP contribution in [0.1, 0.15) is 24.5 Å². The molecule has 112 valence electrons. The van der Waals surface area contributed by atoms with Crippen molar-refractivity contribution >= 4 is 50.1 Å². The van der Waals surface area contributed by atoms with E-state index in [2.05, 4.69) is 34.4 Å². The van der Waals surface area contributed by atoms with Crippen molar-refractivity contribution in [1.82, 2.24) is 4.98 Å². The molecule has 0 aliphatic heterocycles. The van der Waals surface area contributed by atoms with Gasteiger partial charge in [0.15, 0.2) is 0 Å². The smallest absolute Gasteiger partial charge is 0.124 e. The highest BCUT2D eigenvalue weighted by atomic mass is 79.9. The molecular weight excluding hydrogens is 353 g/mol. The number of hydrogen-bond donors (Lipinski definition) is 3. The summed E-state index contributed by atoms with van der Waals surface area (Å²) in [7, 11) is 0. The van der Waals surface area contributed by atoms with Crippen molar-refractivity contribution in [1.29, 1.82) is 0 Å². The number of aromatic amines is 1. The zero-order chi connectivity index (χ0) is 15.6. The SMILES string of the molecule is C=C(CC)c1cc(Br)c2[nH]cc(/C(N)=C(\CF)SN)c2c1. The van der Waals surface area contributed by atoms with Crippen molar-refractivity contribution in [3.63, 3.8) is 0 Å². The molecule has 0 unspecified atom stereocenters. The molecule has 1 aromatic carbocycles. The number of H-pyrrole nitrogens is 1. The number of nitrogens with one attached hydrogen (secondary N) is 1. The largest absolute Gasteiger partial charge is 0.397 e. The van der Waals surface area contributed by atoms with E-state index in [0.717, 1.165) is 50.4 Å². The number of alkyl halides is 1. The second kappa shape index (κ2) is 6.68. The third kappa shape index (κ3) is 3.02. The van der Waals surface area contributed by atoms with Crippen LogP contribution in [0.5, 0.6) is 0 Å². The second-order valence-electron chi connectivity index (χ2n) is 4.63. The van der Waals surface area contributed by atoms with Gasteiger partial charge in [0.1, 0.15) is 6.67 Å². The summed E-state index contributed by atoms with van der Waals surface area (Å²) in [5, 5.41) is 6.39. The molecule has 2 aromatic rings. The fraction of sp³-hybridized carbons (Fsp3) is 0.200. The molecule has 1 aromatic heterocycles. The van der Waals surface area contributed by atoms with Gasteiger partial charge in [-0.05, 0) is 57.6 Å². The number of halogens is 2. The second-order valence-corrected chi connectivity index (χ2v) is 6.21. The minimum Gasteiger partial charge on any atom is -0.397 e. The average Bonchev–Trinajstić information content (AvgIpc) is 2.91. The van der Waals surface area contributed by atoms with E-state index >= 15 is 0 Å². The van der Waals surface area contributed by atoms with E-state index in [1.807, 2.05) is 12.1 Å². The van der Waals surface area contributed by atoms with Crippen LogP contribution in [0.15, 0.2) is 34.3 Å². The van der Waals surface area contributed by atoms with Gasteiger partial charge < -0.3 is 10.7 Å². The van der Waals surface area contributed by atoms with E-state index in [0.29, 0.717) is 10.6 Å². The first-order valence-corrected chi connectivity index (χ1v) is 8.11. The number of fused-ring (bicyclic) bond motifs is 1. The minimum atomic E-state index is -0.678. The number of benzene rings is 1. The van der Waals surface area contributed by atoms with Gasteiger partial charge >= 0.3 is 0 Å². The first kappa shape index (κ1) is 16.1. The number of rotatable bonds is 5. The Morgan fingerprint density at radius 3 is 2.76 bits per heavy atom. The van der Waals surface area contributed by atoms with E-state index in [1.54, 1.807) is 6.20 Å². The summed E-state index contributed by atoms with van der Waals surface area (Å²) in [6.45, 7) is 5.44. The molecule has 5 N–H and O–H groups in total. The van der Waals surface area contributed by atoms with Crippen molar-refractivity contribution < 1.29 is 4.39 Å². The van der Waals surface area contributed by atoms with Gasteiger partial charge in [-0.1, -0.05) is 13.5 Å². The molecule has 0 radical (unpaired) electrons. The van der Waals surface area contributed by atoms with Crippen LogP contribution in [-0.2, 0) is 0 Å². The Morgan fingerprint density at radius 2 is 2.19 bits per heavy atom. The Labute approximate surface area is 135 Å².